The Kier molecular flexibility index (Phi) is 4.37. The molecule has 1 fully saturated rings. The van der Waals surface area contributed by atoms with Gasteiger partial charge in [-0.3, -0.25) is 14.5 Å². The fourth-order valence-electron chi connectivity index (χ4n) is 2.98. The van der Waals surface area contributed by atoms with E-state index in [1.165, 1.54) is 17.0 Å². The summed E-state index contributed by atoms with van der Waals surface area (Å²) >= 11 is 0. The van der Waals surface area contributed by atoms with Crippen molar-refractivity contribution in [2.75, 3.05) is 12.1 Å². The van der Waals surface area contributed by atoms with Gasteiger partial charge in [0, 0.05) is 13.5 Å². The van der Waals surface area contributed by atoms with Gasteiger partial charge in [-0.2, -0.15) is 0 Å². The Morgan fingerprint density at radius 3 is 2.46 bits per heavy atom. The average Bonchev–Trinajstić information content (AvgIpc) is 2.90. The first-order chi connectivity index (χ1) is 11.6. The van der Waals surface area contributed by atoms with Gasteiger partial charge in [0.25, 0.3) is 0 Å². The molecule has 0 N–H and O–H groups in total. The molecule has 6 heteroatoms. The third kappa shape index (κ3) is 2.90. The van der Waals surface area contributed by atoms with Gasteiger partial charge >= 0.3 is 0 Å². The molecule has 0 spiro atoms. The van der Waals surface area contributed by atoms with E-state index in [9.17, 15) is 14.5 Å². The highest BCUT2D eigenvalue weighted by atomic mass is 16.3. The molecule has 1 aliphatic heterocycles. The summed E-state index contributed by atoms with van der Waals surface area (Å²) in [6, 6.07) is 16.4. The van der Waals surface area contributed by atoms with Crippen molar-refractivity contribution in [2.24, 2.45) is 5.29 Å². The molecule has 0 radical (unpaired) electrons. The molecule has 1 aliphatic rings. The van der Waals surface area contributed by atoms with E-state index in [1.54, 1.807) is 24.3 Å². The number of imide groups is 1. The van der Waals surface area contributed by atoms with E-state index in [2.05, 4.69) is 5.29 Å². The summed E-state index contributed by atoms with van der Waals surface area (Å²) in [7, 11) is 1.52. The van der Waals surface area contributed by atoms with Gasteiger partial charge in [0.15, 0.2) is 0 Å². The number of carbonyl (C=O) groups excluding carboxylic acids is 2. The van der Waals surface area contributed by atoms with Gasteiger partial charge in [-0.25, -0.2) is 5.01 Å². The van der Waals surface area contributed by atoms with Crippen molar-refractivity contribution in [1.29, 1.82) is 0 Å². The first kappa shape index (κ1) is 15.9. The number of para-hydroxylation sites is 1. The van der Waals surface area contributed by atoms with Crippen LogP contribution in [0, 0.1) is 4.91 Å². The molecule has 1 atom stereocenters. The second-order valence-electron chi connectivity index (χ2n) is 5.72. The van der Waals surface area contributed by atoms with Gasteiger partial charge in [0.1, 0.15) is 0 Å². The molecule has 2 aromatic carbocycles. The minimum absolute atomic E-state index is 0.107. The smallest absolute Gasteiger partial charge is 0.237 e. The number of carbonyl (C=O) groups is 2. The van der Waals surface area contributed by atoms with E-state index in [4.69, 9.17) is 0 Å². The van der Waals surface area contributed by atoms with Crippen LogP contribution in [0.5, 0.6) is 0 Å². The molecule has 6 nitrogen and oxygen atoms in total. The highest BCUT2D eigenvalue weighted by molar-refractivity contribution is 6.06. The predicted octanol–water partition coefficient (Wildman–Crippen LogP) is 2.85. The molecule has 122 valence electrons. The minimum atomic E-state index is -0.582. The molecule has 2 aromatic rings. The van der Waals surface area contributed by atoms with Crippen molar-refractivity contribution in [3.8, 4) is 0 Å². The normalized spacial score (nSPS) is 17.2. The van der Waals surface area contributed by atoms with Crippen LogP contribution in [-0.2, 0) is 16.1 Å². The lowest BCUT2D eigenvalue weighted by atomic mass is 9.95. The van der Waals surface area contributed by atoms with Crippen LogP contribution in [0.15, 0.2) is 59.9 Å². The summed E-state index contributed by atoms with van der Waals surface area (Å²) in [5, 5.41) is 4.07. The lowest BCUT2D eigenvalue weighted by Gasteiger charge is -2.18. The van der Waals surface area contributed by atoms with Crippen LogP contribution in [0.3, 0.4) is 0 Å². The Hall–Kier alpha value is -3.02. The summed E-state index contributed by atoms with van der Waals surface area (Å²) in [5.74, 6) is -1.03. The number of nitrogens with zero attached hydrogens (tertiary/aromatic N) is 3. The zero-order valence-electron chi connectivity index (χ0n) is 13.3. The van der Waals surface area contributed by atoms with Crippen LogP contribution in [0.4, 0.5) is 5.69 Å². The SMILES string of the molecule is CN(N=O)c1ccccc1[C@@H]1CC(=O)N(Cc2ccccc2)C1=O. The monoisotopic (exact) mass is 323 g/mol. The zero-order valence-corrected chi connectivity index (χ0v) is 13.3. The van der Waals surface area contributed by atoms with Crippen LogP contribution in [-0.4, -0.2) is 23.8 Å². The lowest BCUT2D eigenvalue weighted by molar-refractivity contribution is -0.139. The van der Waals surface area contributed by atoms with E-state index in [-0.39, 0.29) is 24.8 Å². The Labute approximate surface area is 139 Å². The topological polar surface area (TPSA) is 70.1 Å². The third-order valence-electron chi connectivity index (χ3n) is 4.21. The molecule has 1 saturated heterocycles. The molecule has 3 rings (SSSR count). The second kappa shape index (κ2) is 6.62. The molecular weight excluding hydrogens is 306 g/mol. The van der Waals surface area contributed by atoms with E-state index in [1.807, 2.05) is 30.3 Å². The quantitative estimate of drug-likeness (QED) is 0.482. The van der Waals surface area contributed by atoms with Gasteiger partial charge in [-0.1, -0.05) is 48.5 Å². The lowest BCUT2D eigenvalue weighted by Crippen LogP contribution is -2.29. The number of rotatable bonds is 5. The average molecular weight is 323 g/mol. The Balaban J connectivity index is 1.88. The Bertz CT molecular complexity index is 776. The summed E-state index contributed by atoms with van der Waals surface area (Å²) < 4.78 is 0. The van der Waals surface area contributed by atoms with Crippen molar-refractivity contribution in [2.45, 2.75) is 18.9 Å². The minimum Gasteiger partial charge on any atom is -0.278 e. The molecular formula is C18H17N3O3. The summed E-state index contributed by atoms with van der Waals surface area (Å²) in [4.78, 5) is 37.2. The fourth-order valence-corrected chi connectivity index (χ4v) is 2.98. The molecule has 1 heterocycles. The van der Waals surface area contributed by atoms with E-state index in [0.717, 1.165) is 5.56 Å². The number of likely N-dealkylation sites (tertiary alicyclic amines) is 1. The highest BCUT2D eigenvalue weighted by Gasteiger charge is 2.40. The fraction of sp³-hybridized carbons (Fsp3) is 0.222. The Morgan fingerprint density at radius 2 is 1.75 bits per heavy atom. The van der Waals surface area contributed by atoms with Crippen LogP contribution >= 0.6 is 0 Å². The van der Waals surface area contributed by atoms with Crippen LogP contribution in [0.25, 0.3) is 0 Å². The molecule has 0 saturated carbocycles. The summed E-state index contributed by atoms with van der Waals surface area (Å²) in [6.07, 6.45) is 0.107. The van der Waals surface area contributed by atoms with Gasteiger partial charge in [-0.15, -0.1) is 4.91 Å². The number of hydrogen-bond donors (Lipinski definition) is 0. The predicted molar refractivity (Wildman–Crippen MR) is 90.0 cm³/mol. The van der Waals surface area contributed by atoms with Gasteiger partial charge in [0.2, 0.25) is 11.8 Å². The molecule has 24 heavy (non-hydrogen) atoms. The third-order valence-corrected chi connectivity index (χ3v) is 4.21. The number of nitroso groups, excluding NO2 is 1. The van der Waals surface area contributed by atoms with Gasteiger partial charge in [-0.05, 0) is 17.2 Å². The highest BCUT2D eigenvalue weighted by Crippen LogP contribution is 2.36. The molecule has 0 bridgehead atoms. The first-order valence-electron chi connectivity index (χ1n) is 7.66. The first-order valence-corrected chi connectivity index (χ1v) is 7.66. The van der Waals surface area contributed by atoms with Crippen molar-refractivity contribution >= 4 is 17.5 Å². The van der Waals surface area contributed by atoms with Crippen molar-refractivity contribution in [3.05, 3.63) is 70.6 Å². The Morgan fingerprint density at radius 1 is 1.08 bits per heavy atom. The summed E-state index contributed by atoms with van der Waals surface area (Å²) in [5.41, 5.74) is 2.09. The van der Waals surface area contributed by atoms with Crippen molar-refractivity contribution < 1.29 is 9.59 Å². The molecule has 0 aliphatic carbocycles. The van der Waals surface area contributed by atoms with Crippen LogP contribution < -0.4 is 5.01 Å². The van der Waals surface area contributed by atoms with E-state index >= 15 is 0 Å². The number of benzene rings is 2. The number of anilines is 1. The van der Waals surface area contributed by atoms with Gasteiger partial charge < -0.3 is 0 Å². The summed E-state index contributed by atoms with van der Waals surface area (Å²) in [6.45, 7) is 0.263. The van der Waals surface area contributed by atoms with E-state index < -0.39 is 5.92 Å². The van der Waals surface area contributed by atoms with Crippen molar-refractivity contribution in [3.63, 3.8) is 0 Å². The van der Waals surface area contributed by atoms with Gasteiger partial charge in [0.05, 0.1) is 23.4 Å². The molecule has 0 unspecified atom stereocenters. The standard InChI is InChI=1S/C18H17N3O3/c1-20(19-24)16-10-6-5-9-14(16)15-11-17(22)21(18(15)23)12-13-7-3-2-4-8-13/h2-10,15H,11-12H2,1H3/t15-/m0/s1. The maximum absolute atomic E-state index is 12.8. The van der Waals surface area contributed by atoms with Crippen LogP contribution in [0.2, 0.25) is 0 Å². The number of amides is 2. The zero-order chi connectivity index (χ0) is 17.1. The van der Waals surface area contributed by atoms with Crippen LogP contribution in [0.1, 0.15) is 23.5 Å². The van der Waals surface area contributed by atoms with E-state index in [0.29, 0.717) is 11.3 Å². The number of hydrogen-bond acceptors (Lipinski definition) is 4. The maximum atomic E-state index is 12.8. The second-order valence-corrected chi connectivity index (χ2v) is 5.72. The maximum Gasteiger partial charge on any atom is 0.237 e. The molecule has 2 amide bonds. The molecule has 0 aromatic heterocycles. The largest absolute Gasteiger partial charge is 0.278 e. The van der Waals surface area contributed by atoms with Crippen molar-refractivity contribution in [1.82, 2.24) is 4.90 Å².